The molecule has 1 fully saturated rings. The molecule has 0 radical (unpaired) electrons. The predicted molar refractivity (Wildman–Crippen MR) is 198 cm³/mol. The van der Waals surface area contributed by atoms with E-state index in [9.17, 15) is 35.3 Å². The lowest BCUT2D eigenvalue weighted by Crippen LogP contribution is -2.59. The standard InChI is InChI=1S/C38H38N8O9/c1-24(25-16-18-30(19-17-25)46(52)53)44-36(40-43(28-8-4-2-5-9-28)38(51)45(44)29-10-6-3-7-11-29)27-14-12-26(13-15-27)31-22-42(41-39-31)20-21-54-37-35(50)34(49)33(48)32(23-47)55-37/h2-19,22,24,32-35,37,47-50H,20-21,23H2,1H3/t24?,32-,33-,34+,35-,37-/m1/s1. The normalized spacial score (nSPS) is 22.1. The number of nitrogens with zero attached hydrogens (tertiary/aromatic N) is 8. The molecule has 0 bridgehead atoms. The zero-order valence-corrected chi connectivity index (χ0v) is 29.5. The molecule has 4 N–H and O–H groups in total. The van der Waals surface area contributed by atoms with E-state index in [4.69, 9.17) is 14.6 Å². The van der Waals surface area contributed by atoms with Crippen molar-refractivity contribution >= 4 is 28.9 Å². The van der Waals surface area contributed by atoms with Crippen LogP contribution in [0.3, 0.4) is 0 Å². The Morgan fingerprint density at radius 2 is 1.49 bits per heavy atom. The topological polar surface area (TPSA) is 212 Å². The van der Waals surface area contributed by atoms with Crippen LogP contribution in [0, 0.1) is 10.1 Å². The Morgan fingerprint density at radius 3 is 2.13 bits per heavy atom. The number of para-hydroxylation sites is 2. The van der Waals surface area contributed by atoms with Gasteiger partial charge in [0.05, 0.1) is 48.3 Å². The molecule has 5 aromatic rings. The van der Waals surface area contributed by atoms with Gasteiger partial charge in [-0.15, -0.1) is 10.2 Å². The summed E-state index contributed by atoms with van der Waals surface area (Å²) in [7, 11) is 0. The van der Waals surface area contributed by atoms with Crippen LogP contribution in [0.15, 0.2) is 120 Å². The summed E-state index contributed by atoms with van der Waals surface area (Å²) in [4.78, 5) is 25.4. The van der Waals surface area contributed by atoms with Gasteiger partial charge in [-0.2, -0.15) is 10.0 Å². The third kappa shape index (κ3) is 7.65. The number of hydrazone groups is 1. The van der Waals surface area contributed by atoms with E-state index < -0.39 is 54.3 Å². The summed E-state index contributed by atoms with van der Waals surface area (Å²) in [5, 5.41) is 69.2. The van der Waals surface area contributed by atoms with Gasteiger partial charge in [-0.1, -0.05) is 78.0 Å². The first kappa shape index (κ1) is 37.2. The predicted octanol–water partition coefficient (Wildman–Crippen LogP) is 3.46. The van der Waals surface area contributed by atoms with E-state index in [1.807, 2.05) is 79.7 Å². The number of aliphatic hydroxyl groups excluding tert-OH is 4. The lowest BCUT2D eigenvalue weighted by atomic mass is 9.99. The molecular weight excluding hydrogens is 712 g/mol. The lowest BCUT2D eigenvalue weighted by molar-refractivity contribution is -0.384. The number of rotatable bonds is 12. The van der Waals surface area contributed by atoms with Gasteiger partial charge >= 0.3 is 6.03 Å². The van der Waals surface area contributed by atoms with Crippen LogP contribution >= 0.6 is 0 Å². The van der Waals surface area contributed by atoms with Crippen LogP contribution in [0.5, 0.6) is 0 Å². The molecule has 2 aliphatic rings. The minimum atomic E-state index is -1.54. The van der Waals surface area contributed by atoms with Crippen molar-refractivity contribution in [2.75, 3.05) is 23.2 Å². The molecule has 6 atom stereocenters. The number of amidine groups is 1. The highest BCUT2D eigenvalue weighted by atomic mass is 16.7. The van der Waals surface area contributed by atoms with Gasteiger partial charge in [0, 0.05) is 23.3 Å². The van der Waals surface area contributed by atoms with E-state index in [0.717, 1.165) is 5.56 Å². The van der Waals surface area contributed by atoms with Crippen LogP contribution in [-0.4, -0.2) is 101 Å². The van der Waals surface area contributed by atoms with Crippen LogP contribution < -0.4 is 10.0 Å². The Hall–Kier alpha value is -6.08. The number of hydrazine groups is 1. The molecule has 1 saturated heterocycles. The number of anilines is 2. The molecule has 1 aromatic heterocycles. The molecule has 0 spiro atoms. The summed E-state index contributed by atoms with van der Waals surface area (Å²) in [6.45, 7) is 1.56. The van der Waals surface area contributed by atoms with Crippen molar-refractivity contribution in [3.8, 4) is 11.3 Å². The van der Waals surface area contributed by atoms with Gasteiger partial charge in [0.25, 0.3) is 5.69 Å². The van der Waals surface area contributed by atoms with Gasteiger partial charge < -0.3 is 29.9 Å². The molecule has 284 valence electrons. The summed E-state index contributed by atoms with van der Waals surface area (Å²) in [6, 6.07) is 30.9. The maximum atomic E-state index is 14.4. The maximum Gasteiger partial charge on any atom is 0.368 e. The third-order valence-electron chi connectivity index (χ3n) is 9.37. The van der Waals surface area contributed by atoms with Crippen LogP contribution in [0.1, 0.15) is 24.1 Å². The number of nitro groups is 1. The number of ether oxygens (including phenoxy) is 2. The van der Waals surface area contributed by atoms with Crippen LogP contribution in [0.2, 0.25) is 0 Å². The molecule has 1 unspecified atom stereocenters. The number of non-ortho nitro benzene ring substituents is 1. The number of benzene rings is 4. The number of carbonyl (C=O) groups excluding carboxylic acids is 1. The second kappa shape index (κ2) is 16.1. The zero-order chi connectivity index (χ0) is 38.6. The molecule has 4 aromatic carbocycles. The monoisotopic (exact) mass is 750 g/mol. The average Bonchev–Trinajstić information content (AvgIpc) is 3.70. The summed E-state index contributed by atoms with van der Waals surface area (Å²) in [6.07, 6.45) is -5.17. The van der Waals surface area contributed by atoms with E-state index >= 15 is 0 Å². The summed E-state index contributed by atoms with van der Waals surface area (Å²) in [5.74, 6) is 0.429. The average molecular weight is 751 g/mol. The number of urea groups is 1. The van der Waals surface area contributed by atoms with Gasteiger partial charge in [0.15, 0.2) is 12.1 Å². The molecule has 0 aliphatic carbocycles. The van der Waals surface area contributed by atoms with Gasteiger partial charge in [-0.3, -0.25) is 15.1 Å². The second-order valence-corrected chi connectivity index (χ2v) is 12.9. The van der Waals surface area contributed by atoms with Crippen molar-refractivity contribution in [3.05, 3.63) is 137 Å². The van der Waals surface area contributed by atoms with E-state index in [1.54, 1.807) is 40.5 Å². The summed E-state index contributed by atoms with van der Waals surface area (Å²) < 4.78 is 12.5. The van der Waals surface area contributed by atoms with Gasteiger partial charge in [-0.05, 0) is 36.8 Å². The van der Waals surface area contributed by atoms with Crippen LogP contribution in [0.25, 0.3) is 11.3 Å². The van der Waals surface area contributed by atoms with E-state index in [2.05, 4.69) is 10.3 Å². The number of carbonyl (C=O) groups is 1. The van der Waals surface area contributed by atoms with Gasteiger partial charge in [0.1, 0.15) is 30.1 Å². The first-order chi connectivity index (χ1) is 26.6. The number of nitro benzene ring substituents is 1. The number of aromatic nitrogens is 3. The lowest BCUT2D eigenvalue weighted by Gasteiger charge is -2.45. The highest BCUT2D eigenvalue weighted by Gasteiger charge is 2.44. The zero-order valence-electron chi connectivity index (χ0n) is 29.5. The Balaban J connectivity index is 1.17. The molecule has 55 heavy (non-hydrogen) atoms. The fourth-order valence-corrected chi connectivity index (χ4v) is 6.36. The molecule has 2 amide bonds. The molecular formula is C38H38N8O9. The van der Waals surface area contributed by atoms with Gasteiger partial charge in [0.2, 0.25) is 0 Å². The largest absolute Gasteiger partial charge is 0.394 e. The minimum absolute atomic E-state index is 0.0155. The molecule has 17 heteroatoms. The molecule has 17 nitrogen and oxygen atoms in total. The summed E-state index contributed by atoms with van der Waals surface area (Å²) in [5.41, 5.74) is 3.73. The summed E-state index contributed by atoms with van der Waals surface area (Å²) >= 11 is 0. The highest BCUT2D eigenvalue weighted by Crippen LogP contribution is 2.35. The first-order valence-electron chi connectivity index (χ1n) is 17.4. The first-order valence-corrected chi connectivity index (χ1v) is 17.4. The quantitative estimate of drug-likeness (QED) is 0.107. The van der Waals surface area contributed by atoms with Crippen molar-refractivity contribution in [1.29, 1.82) is 0 Å². The minimum Gasteiger partial charge on any atom is -0.394 e. The van der Waals surface area contributed by atoms with Crippen molar-refractivity contribution in [2.24, 2.45) is 5.10 Å². The molecule has 0 saturated carbocycles. The van der Waals surface area contributed by atoms with Crippen molar-refractivity contribution in [1.82, 2.24) is 20.0 Å². The van der Waals surface area contributed by atoms with Crippen molar-refractivity contribution < 1.29 is 39.6 Å². The Bertz CT molecular complexity index is 2120. The van der Waals surface area contributed by atoms with E-state index in [1.165, 1.54) is 21.8 Å². The fourth-order valence-electron chi connectivity index (χ4n) is 6.36. The Kier molecular flexibility index (Phi) is 10.9. The number of hydrogen-bond donors (Lipinski definition) is 4. The van der Waals surface area contributed by atoms with Crippen molar-refractivity contribution in [2.45, 2.75) is 50.2 Å². The fraction of sp³-hybridized carbons (Fsp3) is 0.263. The maximum absolute atomic E-state index is 14.4. The number of aliphatic hydroxyl groups is 4. The second-order valence-electron chi connectivity index (χ2n) is 12.9. The number of hydrogen-bond acceptors (Lipinski definition) is 13. The number of amides is 2. The van der Waals surface area contributed by atoms with Crippen molar-refractivity contribution in [3.63, 3.8) is 0 Å². The van der Waals surface area contributed by atoms with E-state index in [-0.39, 0.29) is 18.8 Å². The molecule has 2 aliphatic heterocycles. The highest BCUT2D eigenvalue weighted by molar-refractivity contribution is 6.13. The molecule has 3 heterocycles. The van der Waals surface area contributed by atoms with Gasteiger partial charge in [-0.25, -0.2) is 9.48 Å². The molecule has 7 rings (SSSR count). The SMILES string of the molecule is CC(c1ccc([N+](=O)[O-])cc1)N1C(c2ccc(-c3cn(CCO[C@@H]4O[C@H](CO)[C@@H](O)[C@H](O)[C@H]4O)nn3)cc2)=NN(c2ccccc2)C(=O)N1c1ccccc1. The van der Waals surface area contributed by atoms with Crippen LogP contribution in [0.4, 0.5) is 21.9 Å². The third-order valence-corrected chi connectivity index (χ3v) is 9.37. The smallest absolute Gasteiger partial charge is 0.368 e. The van der Waals surface area contributed by atoms with E-state index in [0.29, 0.717) is 34.0 Å². The van der Waals surface area contributed by atoms with Crippen LogP contribution in [-0.2, 0) is 16.0 Å². The Labute approximate surface area is 314 Å². The Morgan fingerprint density at radius 1 is 0.855 bits per heavy atom.